The minimum absolute atomic E-state index is 0. The fourth-order valence-corrected chi connectivity index (χ4v) is 0.558. The third-order valence-corrected chi connectivity index (χ3v) is 0.954. The van der Waals surface area contributed by atoms with E-state index in [0.29, 0.717) is 5.56 Å². The quantitative estimate of drug-likeness (QED) is 0.541. The largest absolute Gasteiger partial charge is 0.482 e. The summed E-state index contributed by atoms with van der Waals surface area (Å²) in [6.07, 6.45) is 0. The van der Waals surface area contributed by atoms with Crippen molar-refractivity contribution in [2.45, 2.75) is 0 Å². The fraction of sp³-hybridized carbons (Fsp3) is 0. The fourth-order valence-electron chi connectivity index (χ4n) is 0.558. The van der Waals surface area contributed by atoms with Gasteiger partial charge < -0.3 is 10.0 Å². The summed E-state index contributed by atoms with van der Waals surface area (Å²) in [5, 5.41) is 22.2. The summed E-state index contributed by atoms with van der Waals surface area (Å²) in [6.45, 7) is 0. The van der Waals surface area contributed by atoms with Crippen LogP contribution in [0.3, 0.4) is 0 Å². The Hall–Kier alpha value is -1.38. The van der Waals surface area contributed by atoms with Crippen molar-refractivity contribution < 1.29 is 14.4 Å². The van der Waals surface area contributed by atoms with Gasteiger partial charge in [0.05, 0.1) is 11.6 Å². The first-order valence-corrected chi connectivity index (χ1v) is 3.00. The average Bonchev–Trinajstić information content (AvgIpc) is 2.06. The molecule has 0 fully saturated rings. The molecular weight excluding hydrogens is 160 g/mol. The SMILES string of the molecule is N#Cc1cccc(F)c1.O[B]O. The Bertz CT molecular complexity index is 274. The molecule has 0 amide bonds. The second-order valence-electron chi connectivity index (χ2n) is 1.74. The summed E-state index contributed by atoms with van der Waals surface area (Å²) in [7, 11) is 0. The summed E-state index contributed by atoms with van der Waals surface area (Å²) in [4.78, 5) is 0. The van der Waals surface area contributed by atoms with Gasteiger partial charge in [0.1, 0.15) is 5.82 Å². The zero-order valence-corrected chi connectivity index (χ0v) is 6.11. The highest BCUT2D eigenvalue weighted by Gasteiger charge is 1.89. The molecule has 0 heterocycles. The number of nitriles is 1. The summed E-state index contributed by atoms with van der Waals surface area (Å²) < 4.78 is 12.2. The lowest BCUT2D eigenvalue weighted by molar-refractivity contribution is 0.448. The van der Waals surface area contributed by atoms with Crippen LogP contribution in [0.1, 0.15) is 5.56 Å². The van der Waals surface area contributed by atoms with Gasteiger partial charge in [-0.3, -0.25) is 0 Å². The highest BCUT2D eigenvalue weighted by molar-refractivity contribution is 6.13. The van der Waals surface area contributed by atoms with Gasteiger partial charge in [-0.05, 0) is 18.2 Å². The van der Waals surface area contributed by atoms with Crippen LogP contribution < -0.4 is 0 Å². The van der Waals surface area contributed by atoms with Crippen molar-refractivity contribution in [1.82, 2.24) is 0 Å². The molecule has 0 saturated carbocycles. The second kappa shape index (κ2) is 6.34. The van der Waals surface area contributed by atoms with Gasteiger partial charge in [0.25, 0.3) is 0 Å². The molecule has 12 heavy (non-hydrogen) atoms. The third-order valence-electron chi connectivity index (χ3n) is 0.954. The number of hydrogen-bond donors (Lipinski definition) is 2. The standard InChI is InChI=1S/C7H4FN.BH2O2/c8-7-3-1-2-6(4-7)5-9;2-1-3/h1-4H;2-3H. The first-order valence-electron chi connectivity index (χ1n) is 3.00. The molecule has 0 aliphatic rings. The van der Waals surface area contributed by atoms with Gasteiger partial charge in [-0.25, -0.2) is 4.39 Å². The molecule has 0 atom stereocenters. The number of hydrogen-bond acceptors (Lipinski definition) is 3. The topological polar surface area (TPSA) is 64.2 Å². The number of rotatable bonds is 0. The second-order valence-corrected chi connectivity index (χ2v) is 1.74. The lowest BCUT2D eigenvalue weighted by Gasteiger charge is -1.85. The van der Waals surface area contributed by atoms with Gasteiger partial charge in [0.2, 0.25) is 0 Å². The lowest BCUT2D eigenvalue weighted by atomic mass is 10.2. The Kier molecular flexibility index (Phi) is 5.62. The van der Waals surface area contributed by atoms with Crippen LogP contribution >= 0.6 is 0 Å². The number of nitrogens with zero attached hydrogens (tertiary/aromatic N) is 1. The van der Waals surface area contributed by atoms with Crippen molar-refractivity contribution in [2.75, 3.05) is 0 Å². The molecule has 0 aliphatic carbocycles. The Morgan fingerprint density at radius 2 is 2.00 bits per heavy atom. The molecule has 1 rings (SSSR count). The molecule has 1 aromatic rings. The first kappa shape index (κ1) is 10.6. The van der Waals surface area contributed by atoms with Crippen molar-refractivity contribution in [3.63, 3.8) is 0 Å². The van der Waals surface area contributed by atoms with Gasteiger partial charge in [-0.1, -0.05) is 6.07 Å². The molecule has 0 spiro atoms. The lowest BCUT2D eigenvalue weighted by Crippen LogP contribution is -1.75. The monoisotopic (exact) mass is 166 g/mol. The maximum atomic E-state index is 12.2. The van der Waals surface area contributed by atoms with Gasteiger partial charge in [0, 0.05) is 0 Å². The van der Waals surface area contributed by atoms with E-state index in [-0.39, 0.29) is 13.5 Å². The van der Waals surface area contributed by atoms with E-state index < -0.39 is 0 Å². The summed E-state index contributed by atoms with van der Waals surface area (Å²) >= 11 is 0. The normalized spacial score (nSPS) is 7.50. The van der Waals surface area contributed by atoms with Crippen LogP contribution in [0.2, 0.25) is 0 Å². The number of benzene rings is 1. The van der Waals surface area contributed by atoms with Crippen molar-refractivity contribution in [2.24, 2.45) is 0 Å². The van der Waals surface area contributed by atoms with E-state index in [2.05, 4.69) is 0 Å². The predicted molar refractivity (Wildman–Crippen MR) is 41.3 cm³/mol. The Balaban J connectivity index is 0.000000354. The van der Waals surface area contributed by atoms with E-state index in [0.717, 1.165) is 0 Å². The van der Waals surface area contributed by atoms with Crippen molar-refractivity contribution in [3.8, 4) is 6.07 Å². The molecule has 2 N–H and O–H groups in total. The van der Waals surface area contributed by atoms with Crippen molar-refractivity contribution >= 4 is 7.69 Å². The van der Waals surface area contributed by atoms with Crippen LogP contribution in [0.15, 0.2) is 24.3 Å². The minimum Gasteiger partial charge on any atom is -0.429 e. The zero-order chi connectivity index (χ0) is 9.40. The van der Waals surface area contributed by atoms with E-state index in [9.17, 15) is 4.39 Å². The number of halogens is 1. The summed E-state index contributed by atoms with van der Waals surface area (Å²) in [5.41, 5.74) is 0.356. The molecule has 61 valence electrons. The van der Waals surface area contributed by atoms with E-state index in [1.807, 2.05) is 6.07 Å². The van der Waals surface area contributed by atoms with Crippen molar-refractivity contribution in [1.29, 1.82) is 5.26 Å². The van der Waals surface area contributed by atoms with E-state index in [1.54, 1.807) is 6.07 Å². The molecule has 3 nitrogen and oxygen atoms in total. The molecule has 5 heteroatoms. The maximum Gasteiger partial charge on any atom is 0.482 e. The van der Waals surface area contributed by atoms with Gasteiger partial charge in [0.15, 0.2) is 0 Å². The minimum atomic E-state index is -0.367. The molecule has 1 aromatic carbocycles. The average molecular weight is 166 g/mol. The van der Waals surface area contributed by atoms with Gasteiger partial charge in [-0.15, -0.1) is 0 Å². The molecule has 0 aliphatic heterocycles. The third kappa shape index (κ3) is 4.44. The van der Waals surface area contributed by atoms with Crippen LogP contribution in [0.5, 0.6) is 0 Å². The van der Waals surface area contributed by atoms with Crippen LogP contribution in [0.25, 0.3) is 0 Å². The van der Waals surface area contributed by atoms with Crippen LogP contribution in [0.4, 0.5) is 4.39 Å². The van der Waals surface area contributed by atoms with Crippen LogP contribution in [-0.4, -0.2) is 17.7 Å². The maximum absolute atomic E-state index is 12.2. The molecule has 0 unspecified atom stereocenters. The Labute approximate surface area is 70.0 Å². The first-order chi connectivity index (χ1) is 5.74. The summed E-state index contributed by atoms with van der Waals surface area (Å²) in [5.74, 6) is -0.367. The smallest absolute Gasteiger partial charge is 0.429 e. The Morgan fingerprint density at radius 1 is 1.42 bits per heavy atom. The van der Waals surface area contributed by atoms with Crippen LogP contribution in [-0.2, 0) is 0 Å². The molecule has 0 aromatic heterocycles. The molecule has 0 bridgehead atoms. The molecule has 0 saturated heterocycles. The van der Waals surface area contributed by atoms with Gasteiger partial charge >= 0.3 is 7.69 Å². The van der Waals surface area contributed by atoms with Crippen molar-refractivity contribution in [3.05, 3.63) is 35.6 Å². The predicted octanol–water partition coefficient (Wildman–Crippen LogP) is 0.203. The summed E-state index contributed by atoms with van der Waals surface area (Å²) in [6, 6.07) is 7.40. The van der Waals surface area contributed by atoms with Gasteiger partial charge in [-0.2, -0.15) is 5.26 Å². The van der Waals surface area contributed by atoms with E-state index >= 15 is 0 Å². The van der Waals surface area contributed by atoms with E-state index in [1.165, 1.54) is 18.2 Å². The molecular formula is C7H6BFNO2. The van der Waals surface area contributed by atoms with E-state index in [4.69, 9.17) is 15.3 Å². The molecule has 1 radical (unpaired) electrons. The highest BCUT2D eigenvalue weighted by atomic mass is 19.1. The zero-order valence-electron chi connectivity index (χ0n) is 6.11. The Morgan fingerprint density at radius 3 is 2.33 bits per heavy atom. The highest BCUT2D eigenvalue weighted by Crippen LogP contribution is 2.00. The van der Waals surface area contributed by atoms with Crippen LogP contribution in [0, 0.1) is 17.1 Å².